The molecule has 0 unspecified atom stereocenters. The van der Waals surface area contributed by atoms with Gasteiger partial charge in [0, 0.05) is 0 Å². The molecule has 0 aromatic heterocycles. The highest BCUT2D eigenvalue weighted by atomic mass is 19.1. The van der Waals surface area contributed by atoms with E-state index in [1.54, 1.807) is 12.1 Å². The number of hydrogen-bond donors (Lipinski definition) is 1. The van der Waals surface area contributed by atoms with E-state index < -0.39 is 6.09 Å². The molecule has 0 heterocycles. The van der Waals surface area contributed by atoms with Crippen LogP contribution in [-0.2, 0) is 10.3 Å². The number of nitrogens with one attached hydrogen (secondary N) is 1. The Morgan fingerprint density at radius 2 is 2.00 bits per heavy atom. The SMILES string of the molecule is COC(=O)NC1(c2ccc(F)cc2)CCC1. The number of halogens is 1. The summed E-state index contributed by atoms with van der Waals surface area (Å²) in [5, 5.41) is 2.83. The zero-order valence-corrected chi connectivity index (χ0v) is 9.13. The topological polar surface area (TPSA) is 38.3 Å². The second kappa shape index (κ2) is 4.12. The molecule has 0 atom stereocenters. The maximum atomic E-state index is 12.8. The van der Waals surface area contributed by atoms with Crippen LogP contribution >= 0.6 is 0 Å². The van der Waals surface area contributed by atoms with Crippen LogP contribution in [-0.4, -0.2) is 13.2 Å². The number of ether oxygens (including phenoxy) is 1. The summed E-state index contributed by atoms with van der Waals surface area (Å²) in [5.41, 5.74) is 0.575. The molecular formula is C12H14FNO2. The summed E-state index contributed by atoms with van der Waals surface area (Å²) in [6.45, 7) is 0. The van der Waals surface area contributed by atoms with Crippen LogP contribution in [0.1, 0.15) is 24.8 Å². The highest BCUT2D eigenvalue weighted by molar-refractivity contribution is 5.68. The van der Waals surface area contributed by atoms with Gasteiger partial charge in [-0.25, -0.2) is 9.18 Å². The lowest BCUT2D eigenvalue weighted by Crippen LogP contribution is -2.50. The van der Waals surface area contributed by atoms with Gasteiger partial charge in [0.05, 0.1) is 12.6 Å². The average molecular weight is 223 g/mol. The van der Waals surface area contributed by atoms with Crippen LogP contribution in [0.3, 0.4) is 0 Å². The van der Waals surface area contributed by atoms with Gasteiger partial charge in [0.15, 0.2) is 0 Å². The summed E-state index contributed by atoms with van der Waals surface area (Å²) >= 11 is 0. The molecule has 0 saturated heterocycles. The lowest BCUT2D eigenvalue weighted by molar-refractivity contribution is 0.128. The molecule has 16 heavy (non-hydrogen) atoms. The predicted molar refractivity (Wildman–Crippen MR) is 57.5 cm³/mol. The van der Waals surface area contributed by atoms with Crippen molar-refractivity contribution in [3.63, 3.8) is 0 Å². The molecule has 4 heteroatoms. The minimum atomic E-state index is -0.441. The highest BCUT2D eigenvalue weighted by Gasteiger charge is 2.40. The van der Waals surface area contributed by atoms with Crippen LogP contribution < -0.4 is 5.32 Å². The second-order valence-electron chi connectivity index (χ2n) is 4.06. The Kier molecular flexibility index (Phi) is 2.81. The van der Waals surface area contributed by atoms with Crippen molar-refractivity contribution in [1.82, 2.24) is 5.32 Å². The van der Waals surface area contributed by atoms with Gasteiger partial charge in [0.2, 0.25) is 0 Å². The number of rotatable bonds is 2. The molecule has 1 aliphatic rings. The number of carbonyl (C=O) groups is 1. The van der Waals surface area contributed by atoms with E-state index in [4.69, 9.17) is 0 Å². The summed E-state index contributed by atoms with van der Waals surface area (Å²) in [6.07, 6.45) is 2.35. The predicted octanol–water partition coefficient (Wildman–Crippen LogP) is 2.56. The maximum absolute atomic E-state index is 12.8. The molecular weight excluding hydrogens is 209 g/mol. The lowest BCUT2D eigenvalue weighted by atomic mass is 9.72. The molecule has 1 fully saturated rings. The number of carbonyl (C=O) groups excluding carboxylic acids is 1. The molecule has 3 nitrogen and oxygen atoms in total. The summed E-state index contributed by atoms with van der Waals surface area (Å²) < 4.78 is 17.4. The summed E-state index contributed by atoms with van der Waals surface area (Å²) in [5.74, 6) is -0.267. The fourth-order valence-electron chi connectivity index (χ4n) is 2.03. The number of methoxy groups -OCH3 is 1. The number of benzene rings is 1. The Balaban J connectivity index is 2.21. The second-order valence-corrected chi connectivity index (χ2v) is 4.06. The van der Waals surface area contributed by atoms with E-state index in [0.717, 1.165) is 24.8 Å². The minimum absolute atomic E-state index is 0.267. The minimum Gasteiger partial charge on any atom is -0.453 e. The quantitative estimate of drug-likeness (QED) is 0.836. The van der Waals surface area contributed by atoms with Gasteiger partial charge in [-0.1, -0.05) is 12.1 Å². The molecule has 1 saturated carbocycles. The van der Waals surface area contributed by atoms with Crippen LogP contribution in [0.25, 0.3) is 0 Å². The molecule has 0 radical (unpaired) electrons. The Labute approximate surface area is 93.6 Å². The van der Waals surface area contributed by atoms with Crippen LogP contribution in [0.5, 0.6) is 0 Å². The van der Waals surface area contributed by atoms with Crippen LogP contribution in [0.15, 0.2) is 24.3 Å². The molecule has 1 N–H and O–H groups in total. The Bertz CT molecular complexity index is 385. The van der Waals surface area contributed by atoms with Crippen molar-refractivity contribution >= 4 is 6.09 Å². The van der Waals surface area contributed by atoms with Gasteiger partial charge in [-0.05, 0) is 37.0 Å². The van der Waals surface area contributed by atoms with Gasteiger partial charge in [-0.3, -0.25) is 0 Å². The van der Waals surface area contributed by atoms with Crippen molar-refractivity contribution in [2.45, 2.75) is 24.8 Å². The van der Waals surface area contributed by atoms with Crippen LogP contribution in [0.4, 0.5) is 9.18 Å². The van der Waals surface area contributed by atoms with Gasteiger partial charge in [-0.2, -0.15) is 0 Å². The standard InChI is InChI=1S/C12H14FNO2/c1-16-11(15)14-12(7-2-8-12)9-3-5-10(13)6-4-9/h3-6H,2,7-8H2,1H3,(H,14,15). The van der Waals surface area contributed by atoms with E-state index in [-0.39, 0.29) is 11.4 Å². The normalized spacial score (nSPS) is 17.4. The smallest absolute Gasteiger partial charge is 0.407 e. The molecule has 0 spiro atoms. The first kappa shape index (κ1) is 10.9. The Hall–Kier alpha value is -1.58. The zero-order chi connectivity index (χ0) is 11.6. The molecule has 1 aromatic rings. The van der Waals surface area contributed by atoms with Crippen molar-refractivity contribution in [1.29, 1.82) is 0 Å². The Morgan fingerprint density at radius 3 is 2.44 bits per heavy atom. The average Bonchev–Trinajstić information content (AvgIpc) is 2.24. The third-order valence-electron chi connectivity index (χ3n) is 3.13. The van der Waals surface area contributed by atoms with Crippen molar-refractivity contribution in [3.05, 3.63) is 35.6 Å². The highest BCUT2D eigenvalue weighted by Crippen LogP contribution is 2.41. The van der Waals surface area contributed by atoms with E-state index in [0.29, 0.717) is 0 Å². The van der Waals surface area contributed by atoms with Gasteiger partial charge in [0.25, 0.3) is 0 Å². The third-order valence-corrected chi connectivity index (χ3v) is 3.13. The monoisotopic (exact) mass is 223 g/mol. The fourth-order valence-corrected chi connectivity index (χ4v) is 2.03. The first-order valence-electron chi connectivity index (χ1n) is 5.28. The zero-order valence-electron chi connectivity index (χ0n) is 9.13. The lowest BCUT2D eigenvalue weighted by Gasteiger charge is -2.42. The number of hydrogen-bond acceptors (Lipinski definition) is 2. The third kappa shape index (κ3) is 1.87. The van der Waals surface area contributed by atoms with Crippen molar-refractivity contribution in [2.24, 2.45) is 0 Å². The van der Waals surface area contributed by atoms with E-state index in [9.17, 15) is 9.18 Å². The van der Waals surface area contributed by atoms with Crippen molar-refractivity contribution < 1.29 is 13.9 Å². The van der Waals surface area contributed by atoms with E-state index in [1.807, 2.05) is 0 Å². The molecule has 2 rings (SSSR count). The molecule has 0 aliphatic heterocycles. The molecule has 0 bridgehead atoms. The summed E-state index contributed by atoms with van der Waals surface area (Å²) in [7, 11) is 1.34. The van der Waals surface area contributed by atoms with Crippen LogP contribution in [0, 0.1) is 5.82 Å². The van der Waals surface area contributed by atoms with E-state index in [1.165, 1.54) is 19.2 Å². The summed E-state index contributed by atoms with van der Waals surface area (Å²) in [6, 6.07) is 6.25. The van der Waals surface area contributed by atoms with Gasteiger partial charge >= 0.3 is 6.09 Å². The number of alkyl carbamates (subject to hydrolysis) is 1. The van der Waals surface area contributed by atoms with Gasteiger partial charge in [-0.15, -0.1) is 0 Å². The van der Waals surface area contributed by atoms with E-state index in [2.05, 4.69) is 10.1 Å². The largest absolute Gasteiger partial charge is 0.453 e. The van der Waals surface area contributed by atoms with Gasteiger partial charge < -0.3 is 10.1 Å². The van der Waals surface area contributed by atoms with E-state index >= 15 is 0 Å². The number of amides is 1. The molecule has 1 aliphatic carbocycles. The first-order valence-corrected chi connectivity index (χ1v) is 5.28. The van der Waals surface area contributed by atoms with Gasteiger partial charge in [0.1, 0.15) is 5.82 Å². The molecule has 1 aromatic carbocycles. The molecule has 1 amide bonds. The van der Waals surface area contributed by atoms with Crippen LogP contribution in [0.2, 0.25) is 0 Å². The van der Waals surface area contributed by atoms with Crippen molar-refractivity contribution in [2.75, 3.05) is 7.11 Å². The first-order chi connectivity index (χ1) is 7.66. The fraction of sp³-hybridized carbons (Fsp3) is 0.417. The summed E-state index contributed by atoms with van der Waals surface area (Å²) in [4.78, 5) is 11.3. The molecule has 86 valence electrons. The Morgan fingerprint density at radius 1 is 1.38 bits per heavy atom. The van der Waals surface area contributed by atoms with Crippen molar-refractivity contribution in [3.8, 4) is 0 Å². The maximum Gasteiger partial charge on any atom is 0.407 e.